The number of hydrogen-bond donors (Lipinski definition) is 0. The van der Waals surface area contributed by atoms with Gasteiger partial charge >= 0.3 is 0 Å². The summed E-state index contributed by atoms with van der Waals surface area (Å²) in [6, 6.07) is 16.3. The van der Waals surface area contributed by atoms with Gasteiger partial charge in [0.05, 0.1) is 0 Å². The molecule has 7 heteroatoms. The Kier molecular flexibility index (Phi) is 5.74. The number of nitrogens with zero attached hydrogens (tertiary/aromatic N) is 3. The first-order valence-electron chi connectivity index (χ1n) is 9.78. The molecule has 2 heterocycles. The fourth-order valence-corrected chi connectivity index (χ4v) is 4.31. The molecule has 1 aliphatic rings. The third-order valence-corrected chi connectivity index (χ3v) is 6.03. The van der Waals surface area contributed by atoms with Crippen LogP contribution < -0.4 is 10.5 Å². The first-order chi connectivity index (χ1) is 14.5. The van der Waals surface area contributed by atoms with Crippen molar-refractivity contribution in [2.24, 2.45) is 11.4 Å². The van der Waals surface area contributed by atoms with Gasteiger partial charge in [0.2, 0.25) is 0 Å². The van der Waals surface area contributed by atoms with Crippen LogP contribution in [0, 0.1) is 6.92 Å². The molecule has 6 nitrogen and oxygen atoms in total. The summed E-state index contributed by atoms with van der Waals surface area (Å²) in [5, 5.41) is 0. The molecule has 3 aromatic rings. The van der Waals surface area contributed by atoms with Crippen molar-refractivity contribution in [3.05, 3.63) is 81.8 Å². The van der Waals surface area contributed by atoms with Crippen LogP contribution in [0.3, 0.4) is 0 Å². The van der Waals surface area contributed by atoms with Gasteiger partial charge in [0, 0.05) is 55.9 Å². The SMILES string of the molecule is CO[S-](=O)=Nc1cc(-c2cc(C)c(=O)n(C)c2)cc2c1CCN2Cc1ccccc1. The highest BCUT2D eigenvalue weighted by Gasteiger charge is 2.23. The molecule has 156 valence electrons. The van der Waals surface area contributed by atoms with Crippen LogP contribution in [0.5, 0.6) is 0 Å². The molecule has 0 saturated carbocycles. The lowest BCUT2D eigenvalue weighted by atomic mass is 10.0. The molecule has 2 aromatic carbocycles. The van der Waals surface area contributed by atoms with E-state index in [1.807, 2.05) is 43.5 Å². The maximum Gasteiger partial charge on any atom is 0.253 e. The van der Waals surface area contributed by atoms with Crippen LogP contribution in [0.15, 0.2) is 63.9 Å². The van der Waals surface area contributed by atoms with E-state index in [0.29, 0.717) is 11.3 Å². The number of aromatic nitrogens is 1. The lowest BCUT2D eigenvalue weighted by Gasteiger charge is -2.21. The van der Waals surface area contributed by atoms with E-state index in [9.17, 15) is 9.00 Å². The molecule has 0 spiro atoms. The molecule has 0 aliphatic carbocycles. The van der Waals surface area contributed by atoms with Crippen molar-refractivity contribution in [3.63, 3.8) is 0 Å². The molecular weight excluding hydrogens is 398 g/mol. The fraction of sp³-hybridized carbons (Fsp3) is 0.261. The van der Waals surface area contributed by atoms with Gasteiger partial charge in [-0.25, -0.2) is 0 Å². The van der Waals surface area contributed by atoms with Gasteiger partial charge in [-0.3, -0.25) is 4.79 Å². The van der Waals surface area contributed by atoms with Crippen LogP contribution in [-0.4, -0.2) is 18.2 Å². The number of pyridine rings is 1. The van der Waals surface area contributed by atoms with Crippen LogP contribution in [0.25, 0.3) is 11.1 Å². The number of fused-ring (bicyclic) bond motifs is 1. The molecular formula is C23H24N3O3S-. The Hall–Kier alpha value is -2.90. The van der Waals surface area contributed by atoms with Gasteiger partial charge in [-0.15, -0.1) is 0 Å². The maximum atomic E-state index is 12.1. The Morgan fingerprint density at radius 1 is 1.13 bits per heavy atom. The molecule has 0 N–H and O–H groups in total. The summed E-state index contributed by atoms with van der Waals surface area (Å²) in [7, 11) is 1.38. The summed E-state index contributed by atoms with van der Waals surface area (Å²) in [5.74, 6) is 0. The van der Waals surface area contributed by atoms with E-state index in [0.717, 1.165) is 41.9 Å². The summed E-state index contributed by atoms with van der Waals surface area (Å²) in [5.41, 5.74) is 6.56. The second-order valence-electron chi connectivity index (χ2n) is 7.45. The highest BCUT2D eigenvalue weighted by atomic mass is 32.2. The predicted molar refractivity (Wildman–Crippen MR) is 120 cm³/mol. The number of benzene rings is 2. The van der Waals surface area contributed by atoms with Crippen LogP contribution in [0.4, 0.5) is 11.4 Å². The van der Waals surface area contributed by atoms with E-state index in [1.165, 1.54) is 12.7 Å². The summed E-state index contributed by atoms with van der Waals surface area (Å²) in [6.07, 6.45) is 2.65. The number of hydrogen-bond acceptors (Lipinski definition) is 6. The van der Waals surface area contributed by atoms with Crippen molar-refractivity contribution in [2.45, 2.75) is 19.9 Å². The Morgan fingerprint density at radius 2 is 1.90 bits per heavy atom. The first-order valence-corrected chi connectivity index (χ1v) is 10.8. The second-order valence-corrected chi connectivity index (χ2v) is 8.40. The first kappa shape index (κ1) is 20.4. The van der Waals surface area contributed by atoms with Gasteiger partial charge in [0.25, 0.3) is 5.56 Å². The third kappa shape index (κ3) is 4.04. The summed E-state index contributed by atoms with van der Waals surface area (Å²) in [4.78, 5) is 14.4. The molecule has 0 atom stereocenters. The largest absolute Gasteiger partial charge is 0.441 e. The van der Waals surface area contributed by atoms with Gasteiger partial charge < -0.3 is 22.2 Å². The summed E-state index contributed by atoms with van der Waals surface area (Å²) < 4.78 is 22.8. The molecule has 1 aliphatic heterocycles. The monoisotopic (exact) mass is 422 g/mol. The maximum absolute atomic E-state index is 12.1. The quantitative estimate of drug-likeness (QED) is 0.576. The van der Waals surface area contributed by atoms with Gasteiger partial charge in [-0.05, 0) is 48.2 Å². The van der Waals surface area contributed by atoms with Crippen molar-refractivity contribution < 1.29 is 8.39 Å². The van der Waals surface area contributed by atoms with E-state index in [-0.39, 0.29) is 5.56 Å². The molecule has 4 rings (SSSR count). The van der Waals surface area contributed by atoms with E-state index < -0.39 is 10.9 Å². The Morgan fingerprint density at radius 3 is 2.60 bits per heavy atom. The Balaban J connectivity index is 1.85. The van der Waals surface area contributed by atoms with Crippen molar-refractivity contribution in [1.82, 2.24) is 4.57 Å². The van der Waals surface area contributed by atoms with Crippen LogP contribution in [-0.2, 0) is 39.3 Å². The van der Waals surface area contributed by atoms with Crippen molar-refractivity contribution >= 4 is 22.3 Å². The molecule has 0 bridgehead atoms. The minimum absolute atomic E-state index is 0.0176. The van der Waals surface area contributed by atoms with E-state index in [4.69, 9.17) is 4.18 Å². The summed E-state index contributed by atoms with van der Waals surface area (Å²) in [6.45, 7) is 3.46. The van der Waals surface area contributed by atoms with Crippen molar-refractivity contribution in [1.29, 1.82) is 0 Å². The highest BCUT2D eigenvalue weighted by Crippen LogP contribution is 2.40. The smallest absolute Gasteiger partial charge is 0.253 e. The van der Waals surface area contributed by atoms with Gasteiger partial charge in [0.1, 0.15) is 0 Å². The zero-order valence-electron chi connectivity index (χ0n) is 17.3. The standard InChI is InChI=1S/C23H24N3O3S/c1-16-11-19(15-25(2)23(16)27)18-12-21(24-30(28)29-3)20-9-10-26(22(20)13-18)14-17-7-5-4-6-8-17/h4-8,11-13,15H,9-10,14H2,1-3H3/q-1. The Bertz CT molecular complexity index is 1200. The predicted octanol–water partition coefficient (Wildman–Crippen LogP) is 4.26. The highest BCUT2D eigenvalue weighted by molar-refractivity contribution is 7.69. The van der Waals surface area contributed by atoms with Gasteiger partial charge in [-0.1, -0.05) is 41.2 Å². The number of rotatable bonds is 5. The second kappa shape index (κ2) is 8.45. The van der Waals surface area contributed by atoms with E-state index in [1.54, 1.807) is 11.6 Å². The zero-order chi connectivity index (χ0) is 21.3. The van der Waals surface area contributed by atoms with Crippen LogP contribution >= 0.6 is 0 Å². The van der Waals surface area contributed by atoms with Crippen molar-refractivity contribution in [2.75, 3.05) is 18.6 Å². The normalized spacial score (nSPS) is 14.2. The average Bonchev–Trinajstić information content (AvgIpc) is 3.15. The molecule has 0 saturated heterocycles. The molecule has 0 fully saturated rings. The lowest BCUT2D eigenvalue weighted by molar-refractivity contribution is 0.438. The minimum atomic E-state index is -1.75. The van der Waals surface area contributed by atoms with E-state index >= 15 is 0 Å². The fourth-order valence-electron chi connectivity index (χ4n) is 3.92. The van der Waals surface area contributed by atoms with Crippen molar-refractivity contribution in [3.8, 4) is 11.1 Å². The minimum Gasteiger partial charge on any atom is -0.441 e. The van der Waals surface area contributed by atoms with Gasteiger partial charge in [-0.2, -0.15) is 0 Å². The number of anilines is 1. The lowest BCUT2D eigenvalue weighted by Crippen LogP contribution is -2.19. The van der Waals surface area contributed by atoms with Crippen LogP contribution in [0.1, 0.15) is 16.7 Å². The molecule has 0 amide bonds. The molecule has 0 radical (unpaired) electrons. The topological polar surface area (TPSA) is 63.9 Å². The van der Waals surface area contributed by atoms with Gasteiger partial charge in [0.15, 0.2) is 0 Å². The number of aryl methyl sites for hydroxylation is 2. The van der Waals surface area contributed by atoms with E-state index in [2.05, 4.69) is 27.5 Å². The average molecular weight is 423 g/mol. The zero-order valence-corrected chi connectivity index (χ0v) is 18.1. The summed E-state index contributed by atoms with van der Waals surface area (Å²) >= 11 is 0. The third-order valence-electron chi connectivity index (χ3n) is 5.40. The molecule has 1 aromatic heterocycles. The molecule has 0 unspecified atom stereocenters. The Labute approximate surface area is 178 Å². The van der Waals surface area contributed by atoms with Crippen LogP contribution in [0.2, 0.25) is 0 Å². The molecule has 30 heavy (non-hydrogen) atoms.